The molecule has 0 radical (unpaired) electrons. The third-order valence-corrected chi connectivity index (χ3v) is 4.20. The Bertz CT molecular complexity index is 1090. The van der Waals surface area contributed by atoms with E-state index in [1.54, 1.807) is 6.20 Å². The minimum atomic E-state index is 0.468. The molecule has 0 amide bonds. The number of nitrogens with one attached hydrogen (secondary N) is 2. The van der Waals surface area contributed by atoms with Gasteiger partial charge in [-0.25, -0.2) is 4.98 Å². The van der Waals surface area contributed by atoms with E-state index in [2.05, 4.69) is 20.6 Å². The Labute approximate surface area is 175 Å². The van der Waals surface area contributed by atoms with Crippen molar-refractivity contribution in [2.75, 3.05) is 17.2 Å². The van der Waals surface area contributed by atoms with Crippen molar-refractivity contribution < 1.29 is 9.47 Å². The molecule has 3 aromatic carbocycles. The van der Waals surface area contributed by atoms with E-state index in [4.69, 9.17) is 9.47 Å². The first-order valence-corrected chi connectivity index (χ1v) is 9.72. The zero-order valence-electron chi connectivity index (χ0n) is 16.6. The van der Waals surface area contributed by atoms with Crippen LogP contribution in [-0.4, -0.2) is 16.6 Å². The van der Waals surface area contributed by atoms with Crippen LogP contribution in [0.1, 0.15) is 6.92 Å². The maximum atomic E-state index is 5.99. The van der Waals surface area contributed by atoms with E-state index in [1.165, 1.54) is 0 Å². The Morgan fingerprint density at radius 1 is 0.767 bits per heavy atom. The molecule has 0 unspecified atom stereocenters. The average Bonchev–Trinajstić information content (AvgIpc) is 2.78. The molecule has 1 aromatic heterocycles. The molecule has 2 N–H and O–H groups in total. The topological polar surface area (TPSA) is 68.3 Å². The van der Waals surface area contributed by atoms with Gasteiger partial charge in [0, 0.05) is 11.9 Å². The predicted octanol–water partition coefficient (Wildman–Crippen LogP) is 6.15. The largest absolute Gasteiger partial charge is 0.494 e. The second-order valence-corrected chi connectivity index (χ2v) is 6.38. The predicted molar refractivity (Wildman–Crippen MR) is 119 cm³/mol. The number of nitrogens with zero attached hydrogens (tertiary/aromatic N) is 2. The van der Waals surface area contributed by atoms with Crippen molar-refractivity contribution in [3.05, 3.63) is 91.1 Å². The maximum Gasteiger partial charge on any atom is 0.229 e. The van der Waals surface area contributed by atoms with E-state index in [9.17, 15) is 0 Å². The SMILES string of the molecule is CCOc1ccc(Nc2ccnc(Nc3ccccc3Oc3ccccc3)n2)cc1. The van der Waals surface area contributed by atoms with Crippen molar-refractivity contribution in [3.63, 3.8) is 0 Å². The number of hydrogen-bond acceptors (Lipinski definition) is 6. The summed E-state index contributed by atoms with van der Waals surface area (Å²) in [4.78, 5) is 8.88. The molecule has 4 aromatic rings. The third-order valence-electron chi connectivity index (χ3n) is 4.20. The number of rotatable bonds is 8. The first-order chi connectivity index (χ1) is 14.8. The van der Waals surface area contributed by atoms with Crippen LogP contribution >= 0.6 is 0 Å². The molecule has 0 saturated heterocycles. The summed E-state index contributed by atoms with van der Waals surface area (Å²) >= 11 is 0. The zero-order chi connectivity index (χ0) is 20.6. The molecule has 4 rings (SSSR count). The highest BCUT2D eigenvalue weighted by atomic mass is 16.5. The molecule has 0 saturated carbocycles. The van der Waals surface area contributed by atoms with Crippen LogP contribution in [0.15, 0.2) is 91.1 Å². The van der Waals surface area contributed by atoms with E-state index in [0.717, 1.165) is 22.9 Å². The van der Waals surface area contributed by atoms with Crippen molar-refractivity contribution in [2.45, 2.75) is 6.92 Å². The summed E-state index contributed by atoms with van der Waals surface area (Å²) in [5, 5.41) is 6.51. The van der Waals surface area contributed by atoms with Gasteiger partial charge in [0.1, 0.15) is 17.3 Å². The van der Waals surface area contributed by atoms with Gasteiger partial charge in [0.05, 0.1) is 12.3 Å². The van der Waals surface area contributed by atoms with Crippen molar-refractivity contribution in [1.29, 1.82) is 0 Å². The lowest BCUT2D eigenvalue weighted by Gasteiger charge is -2.13. The van der Waals surface area contributed by atoms with Crippen LogP contribution in [0.3, 0.4) is 0 Å². The van der Waals surface area contributed by atoms with Crippen molar-refractivity contribution in [2.24, 2.45) is 0 Å². The van der Waals surface area contributed by atoms with E-state index >= 15 is 0 Å². The molecule has 0 aliphatic carbocycles. The summed E-state index contributed by atoms with van der Waals surface area (Å²) in [5.41, 5.74) is 1.69. The van der Waals surface area contributed by atoms with Crippen LogP contribution in [0, 0.1) is 0 Å². The summed E-state index contributed by atoms with van der Waals surface area (Å²) in [6.45, 7) is 2.60. The number of aromatic nitrogens is 2. The molecule has 0 fully saturated rings. The van der Waals surface area contributed by atoms with Gasteiger partial charge in [-0.05, 0) is 61.5 Å². The van der Waals surface area contributed by atoms with Crippen LogP contribution in [-0.2, 0) is 0 Å². The molecular formula is C24H22N4O2. The summed E-state index contributed by atoms with van der Waals surface area (Å²) in [6.07, 6.45) is 1.70. The van der Waals surface area contributed by atoms with E-state index in [0.29, 0.717) is 24.1 Å². The molecule has 6 nitrogen and oxygen atoms in total. The minimum Gasteiger partial charge on any atom is -0.494 e. The number of para-hydroxylation sites is 3. The molecule has 6 heteroatoms. The summed E-state index contributed by atoms with van der Waals surface area (Å²) < 4.78 is 11.5. The van der Waals surface area contributed by atoms with Gasteiger partial charge in [0.2, 0.25) is 5.95 Å². The van der Waals surface area contributed by atoms with Crippen molar-refractivity contribution in [3.8, 4) is 17.2 Å². The Morgan fingerprint density at radius 3 is 2.33 bits per heavy atom. The van der Waals surface area contributed by atoms with E-state index in [1.807, 2.05) is 91.9 Å². The van der Waals surface area contributed by atoms with E-state index < -0.39 is 0 Å². The summed E-state index contributed by atoms with van der Waals surface area (Å²) in [6, 6.07) is 26.9. The first kappa shape index (κ1) is 19.3. The molecule has 0 aliphatic rings. The number of hydrogen-bond donors (Lipinski definition) is 2. The average molecular weight is 398 g/mol. The van der Waals surface area contributed by atoms with Gasteiger partial charge >= 0.3 is 0 Å². The van der Waals surface area contributed by atoms with Crippen molar-refractivity contribution >= 4 is 23.1 Å². The first-order valence-electron chi connectivity index (χ1n) is 9.72. The van der Waals surface area contributed by atoms with Crippen LogP contribution in [0.25, 0.3) is 0 Å². The Balaban J connectivity index is 1.48. The molecule has 30 heavy (non-hydrogen) atoms. The Kier molecular flexibility index (Phi) is 6.05. The zero-order valence-corrected chi connectivity index (χ0v) is 16.6. The third kappa shape index (κ3) is 5.05. The van der Waals surface area contributed by atoms with Gasteiger partial charge < -0.3 is 20.1 Å². The number of anilines is 4. The maximum absolute atomic E-state index is 5.99. The number of benzene rings is 3. The normalized spacial score (nSPS) is 10.3. The fourth-order valence-electron chi connectivity index (χ4n) is 2.83. The van der Waals surface area contributed by atoms with Crippen LogP contribution in [0.2, 0.25) is 0 Å². The lowest BCUT2D eigenvalue weighted by molar-refractivity contribution is 0.340. The van der Waals surface area contributed by atoms with Crippen LogP contribution in [0.4, 0.5) is 23.1 Å². The smallest absolute Gasteiger partial charge is 0.229 e. The molecule has 0 spiro atoms. The fourth-order valence-corrected chi connectivity index (χ4v) is 2.83. The lowest BCUT2D eigenvalue weighted by atomic mass is 10.3. The Hall–Kier alpha value is -4.06. The van der Waals surface area contributed by atoms with Crippen molar-refractivity contribution in [1.82, 2.24) is 9.97 Å². The standard InChI is InChI=1S/C24H22N4O2/c1-2-29-19-14-12-18(13-15-19)26-23-16-17-25-24(28-23)27-21-10-6-7-11-22(21)30-20-8-4-3-5-9-20/h3-17H,2H2,1H3,(H2,25,26,27,28). The van der Waals surface area contributed by atoms with E-state index in [-0.39, 0.29) is 0 Å². The van der Waals surface area contributed by atoms with Gasteiger partial charge in [-0.15, -0.1) is 0 Å². The number of ether oxygens (including phenoxy) is 2. The van der Waals surface area contributed by atoms with Gasteiger partial charge in [-0.3, -0.25) is 0 Å². The summed E-state index contributed by atoms with van der Waals surface area (Å²) in [5.74, 6) is 3.44. The molecule has 0 aliphatic heterocycles. The van der Waals surface area contributed by atoms with Gasteiger partial charge in [0.25, 0.3) is 0 Å². The highest BCUT2D eigenvalue weighted by molar-refractivity contribution is 5.65. The second-order valence-electron chi connectivity index (χ2n) is 6.38. The molecular weight excluding hydrogens is 376 g/mol. The molecule has 0 bridgehead atoms. The van der Waals surface area contributed by atoms with Gasteiger partial charge in [-0.1, -0.05) is 30.3 Å². The molecule has 1 heterocycles. The molecule has 150 valence electrons. The fraction of sp³-hybridized carbons (Fsp3) is 0.0833. The minimum absolute atomic E-state index is 0.468. The van der Waals surface area contributed by atoms with Crippen LogP contribution in [0.5, 0.6) is 17.2 Å². The highest BCUT2D eigenvalue weighted by Crippen LogP contribution is 2.31. The van der Waals surface area contributed by atoms with Gasteiger partial charge in [-0.2, -0.15) is 4.98 Å². The molecule has 0 atom stereocenters. The summed E-state index contributed by atoms with van der Waals surface area (Å²) in [7, 11) is 0. The Morgan fingerprint density at radius 2 is 1.53 bits per heavy atom. The second kappa shape index (κ2) is 9.43. The quantitative estimate of drug-likeness (QED) is 0.371. The van der Waals surface area contributed by atoms with Crippen LogP contribution < -0.4 is 20.1 Å². The van der Waals surface area contributed by atoms with Gasteiger partial charge in [0.15, 0.2) is 5.75 Å². The highest BCUT2D eigenvalue weighted by Gasteiger charge is 2.07. The monoisotopic (exact) mass is 398 g/mol. The lowest BCUT2D eigenvalue weighted by Crippen LogP contribution is -2.01.